The van der Waals surface area contributed by atoms with Crippen LogP contribution in [0, 0.1) is 5.92 Å². The third kappa shape index (κ3) is 3.33. The van der Waals surface area contributed by atoms with Gasteiger partial charge >= 0.3 is 6.18 Å². The predicted molar refractivity (Wildman–Crippen MR) is 57.0 cm³/mol. The minimum absolute atomic E-state index is 0.0485. The summed E-state index contributed by atoms with van der Waals surface area (Å²) in [6.45, 7) is 0. The SMILES string of the molecule is NNC(CCCC(F)(F)F)C1CC2CCC1O2. The molecule has 3 nitrogen and oxygen atoms in total. The second kappa shape index (κ2) is 5.12. The highest BCUT2D eigenvalue weighted by atomic mass is 19.4. The molecular formula is C11H19F3N2O. The van der Waals surface area contributed by atoms with Crippen molar-refractivity contribution in [3.8, 4) is 0 Å². The number of nitrogens with two attached hydrogens (primary N) is 1. The molecule has 17 heavy (non-hydrogen) atoms. The van der Waals surface area contributed by atoms with E-state index in [1.54, 1.807) is 0 Å². The molecule has 0 aromatic carbocycles. The molecule has 0 saturated carbocycles. The molecule has 0 amide bonds. The average molecular weight is 252 g/mol. The van der Waals surface area contributed by atoms with Crippen LogP contribution < -0.4 is 11.3 Å². The van der Waals surface area contributed by atoms with Crippen molar-refractivity contribution in [2.24, 2.45) is 11.8 Å². The second-order valence-corrected chi connectivity index (χ2v) is 5.05. The number of hydrogen-bond donors (Lipinski definition) is 2. The molecule has 0 spiro atoms. The Morgan fingerprint density at radius 1 is 1.35 bits per heavy atom. The maximum absolute atomic E-state index is 12.1. The van der Waals surface area contributed by atoms with Gasteiger partial charge in [-0.1, -0.05) is 0 Å². The van der Waals surface area contributed by atoms with Gasteiger partial charge in [0.2, 0.25) is 0 Å². The smallest absolute Gasteiger partial charge is 0.375 e. The number of hydrogen-bond acceptors (Lipinski definition) is 3. The zero-order valence-electron chi connectivity index (χ0n) is 9.67. The van der Waals surface area contributed by atoms with E-state index in [0.29, 0.717) is 12.5 Å². The number of hydrazine groups is 1. The van der Waals surface area contributed by atoms with Gasteiger partial charge < -0.3 is 4.74 Å². The molecule has 0 aromatic rings. The van der Waals surface area contributed by atoms with Crippen molar-refractivity contribution in [1.82, 2.24) is 5.43 Å². The lowest BCUT2D eigenvalue weighted by atomic mass is 9.82. The third-order valence-corrected chi connectivity index (χ3v) is 3.86. The molecule has 2 heterocycles. The molecule has 2 saturated heterocycles. The lowest BCUT2D eigenvalue weighted by Gasteiger charge is -2.28. The molecule has 0 radical (unpaired) electrons. The molecule has 100 valence electrons. The van der Waals surface area contributed by atoms with E-state index in [-0.39, 0.29) is 24.5 Å². The van der Waals surface area contributed by atoms with E-state index in [4.69, 9.17) is 10.6 Å². The summed E-state index contributed by atoms with van der Waals surface area (Å²) >= 11 is 0. The highest BCUT2D eigenvalue weighted by molar-refractivity contribution is 4.94. The zero-order valence-corrected chi connectivity index (χ0v) is 9.67. The minimum atomic E-state index is -4.07. The standard InChI is InChI=1S/C11H19F3N2O/c12-11(13,14)5-1-2-9(16-15)8-6-7-3-4-10(8)17-7/h7-10,16H,1-6,15H2. The maximum Gasteiger partial charge on any atom is 0.389 e. The average Bonchev–Trinajstić information content (AvgIpc) is 2.84. The van der Waals surface area contributed by atoms with Crippen LogP contribution in [0.5, 0.6) is 0 Å². The molecule has 2 bridgehead atoms. The summed E-state index contributed by atoms with van der Waals surface area (Å²) in [5.41, 5.74) is 2.67. The van der Waals surface area contributed by atoms with Crippen molar-refractivity contribution in [3.63, 3.8) is 0 Å². The van der Waals surface area contributed by atoms with Crippen LogP contribution in [0.3, 0.4) is 0 Å². The quantitative estimate of drug-likeness (QED) is 0.582. The molecule has 2 rings (SSSR count). The number of fused-ring (bicyclic) bond motifs is 2. The second-order valence-electron chi connectivity index (χ2n) is 5.05. The first-order chi connectivity index (χ1) is 7.99. The van der Waals surface area contributed by atoms with E-state index in [9.17, 15) is 13.2 Å². The van der Waals surface area contributed by atoms with Gasteiger partial charge in [0.15, 0.2) is 0 Å². The Kier molecular flexibility index (Phi) is 3.95. The first-order valence-electron chi connectivity index (χ1n) is 6.18. The van der Waals surface area contributed by atoms with Crippen LogP contribution >= 0.6 is 0 Å². The summed E-state index contributed by atoms with van der Waals surface area (Å²) in [7, 11) is 0. The fraction of sp³-hybridized carbons (Fsp3) is 1.00. The van der Waals surface area contributed by atoms with E-state index < -0.39 is 12.6 Å². The van der Waals surface area contributed by atoms with E-state index >= 15 is 0 Å². The minimum Gasteiger partial charge on any atom is -0.375 e. The topological polar surface area (TPSA) is 47.3 Å². The normalized spacial score (nSPS) is 34.2. The van der Waals surface area contributed by atoms with Gasteiger partial charge in [0.1, 0.15) is 0 Å². The van der Waals surface area contributed by atoms with E-state index in [0.717, 1.165) is 19.3 Å². The number of nitrogens with one attached hydrogen (secondary N) is 1. The van der Waals surface area contributed by atoms with Crippen molar-refractivity contribution >= 4 is 0 Å². The van der Waals surface area contributed by atoms with Crippen LogP contribution in [0.25, 0.3) is 0 Å². The predicted octanol–water partition coefficient (Wildman–Crippen LogP) is 2.12. The van der Waals surface area contributed by atoms with Crippen molar-refractivity contribution in [2.75, 3.05) is 0 Å². The van der Waals surface area contributed by atoms with Gasteiger partial charge in [-0.2, -0.15) is 13.2 Å². The number of alkyl halides is 3. The Balaban J connectivity index is 1.77. The summed E-state index contributed by atoms with van der Waals surface area (Å²) < 4.78 is 41.9. The van der Waals surface area contributed by atoms with Gasteiger partial charge in [-0.15, -0.1) is 0 Å². The monoisotopic (exact) mass is 252 g/mol. The Morgan fingerprint density at radius 2 is 2.12 bits per heavy atom. The van der Waals surface area contributed by atoms with Gasteiger partial charge in [-0.3, -0.25) is 11.3 Å². The lowest BCUT2D eigenvalue weighted by molar-refractivity contribution is -0.136. The highest BCUT2D eigenvalue weighted by Gasteiger charge is 2.44. The van der Waals surface area contributed by atoms with Crippen LogP contribution in [0.15, 0.2) is 0 Å². The van der Waals surface area contributed by atoms with Gasteiger partial charge in [-0.05, 0) is 32.1 Å². The Labute approximate surface area is 98.8 Å². The van der Waals surface area contributed by atoms with Crippen LogP contribution in [-0.4, -0.2) is 24.4 Å². The van der Waals surface area contributed by atoms with Crippen molar-refractivity contribution < 1.29 is 17.9 Å². The highest BCUT2D eigenvalue weighted by Crippen LogP contribution is 2.41. The molecule has 4 atom stereocenters. The molecule has 0 aliphatic carbocycles. The Bertz CT molecular complexity index is 260. The van der Waals surface area contributed by atoms with Gasteiger partial charge in [0.05, 0.1) is 12.2 Å². The molecule has 6 heteroatoms. The Morgan fingerprint density at radius 3 is 2.59 bits per heavy atom. The molecule has 2 aliphatic rings. The molecule has 2 aliphatic heterocycles. The molecule has 4 unspecified atom stereocenters. The number of ether oxygens (including phenoxy) is 1. The first kappa shape index (κ1) is 13.1. The maximum atomic E-state index is 12.1. The lowest BCUT2D eigenvalue weighted by Crippen LogP contribution is -2.44. The number of halogens is 3. The molecular weight excluding hydrogens is 233 g/mol. The fourth-order valence-corrected chi connectivity index (χ4v) is 3.04. The fourth-order valence-electron chi connectivity index (χ4n) is 3.04. The van der Waals surface area contributed by atoms with Gasteiger partial charge in [-0.25, -0.2) is 0 Å². The molecule has 2 fully saturated rings. The van der Waals surface area contributed by atoms with Crippen molar-refractivity contribution in [3.05, 3.63) is 0 Å². The van der Waals surface area contributed by atoms with Crippen molar-refractivity contribution in [1.29, 1.82) is 0 Å². The van der Waals surface area contributed by atoms with Crippen LogP contribution in [0.2, 0.25) is 0 Å². The summed E-state index contributed by atoms with van der Waals surface area (Å²) in [5.74, 6) is 5.73. The van der Waals surface area contributed by atoms with Crippen LogP contribution in [0.1, 0.15) is 38.5 Å². The Hall–Kier alpha value is -0.330. The molecule has 0 aromatic heterocycles. The van der Waals surface area contributed by atoms with E-state index in [1.165, 1.54) is 0 Å². The first-order valence-corrected chi connectivity index (χ1v) is 6.18. The van der Waals surface area contributed by atoms with Gasteiger partial charge in [0.25, 0.3) is 0 Å². The summed E-state index contributed by atoms with van der Waals surface area (Å²) in [6, 6.07) is -0.0485. The van der Waals surface area contributed by atoms with Gasteiger partial charge in [0, 0.05) is 18.4 Å². The van der Waals surface area contributed by atoms with Crippen molar-refractivity contribution in [2.45, 2.75) is 63.0 Å². The summed E-state index contributed by atoms with van der Waals surface area (Å²) in [5, 5.41) is 0. The third-order valence-electron chi connectivity index (χ3n) is 3.86. The number of rotatable bonds is 5. The molecule has 3 N–H and O–H groups in total. The largest absolute Gasteiger partial charge is 0.389 e. The van der Waals surface area contributed by atoms with E-state index in [1.807, 2.05) is 0 Å². The zero-order chi connectivity index (χ0) is 12.5. The summed E-state index contributed by atoms with van der Waals surface area (Å²) in [6.07, 6.45) is -0.647. The van der Waals surface area contributed by atoms with Crippen LogP contribution in [0.4, 0.5) is 13.2 Å². The van der Waals surface area contributed by atoms with E-state index in [2.05, 4.69) is 5.43 Å². The van der Waals surface area contributed by atoms with Crippen LogP contribution in [-0.2, 0) is 4.74 Å². The summed E-state index contributed by atoms with van der Waals surface area (Å²) in [4.78, 5) is 0.